The van der Waals surface area contributed by atoms with Crippen LogP contribution in [0.25, 0.3) is 0 Å². The third kappa shape index (κ3) is 4.47. The monoisotopic (exact) mass is 404 g/mol. The van der Waals surface area contributed by atoms with Crippen molar-refractivity contribution in [3.05, 3.63) is 34.4 Å². The minimum atomic E-state index is -0.0291. The maximum absolute atomic E-state index is 10.6. The topological polar surface area (TPSA) is 77.4 Å². The molecule has 0 amide bonds. The minimum Gasteiger partial charge on any atom is -0.502 e. The van der Waals surface area contributed by atoms with Gasteiger partial charge in [-0.05, 0) is 36.1 Å². The molecule has 0 saturated heterocycles. The molecule has 2 N–H and O–H groups in total. The van der Waals surface area contributed by atoms with E-state index in [2.05, 4.69) is 13.8 Å². The highest BCUT2D eigenvalue weighted by Crippen LogP contribution is 2.46. The van der Waals surface area contributed by atoms with E-state index in [0.717, 1.165) is 47.9 Å². The Morgan fingerprint density at radius 2 is 1.03 bits per heavy atom. The molecule has 2 aromatic carbocycles. The van der Waals surface area contributed by atoms with Gasteiger partial charge in [0, 0.05) is 17.5 Å². The zero-order valence-corrected chi connectivity index (χ0v) is 18.2. The molecule has 0 aromatic heterocycles. The number of methoxy groups -OCH3 is 4. The minimum absolute atomic E-state index is 0.0291. The summed E-state index contributed by atoms with van der Waals surface area (Å²) in [7, 11) is 6.11. The van der Waals surface area contributed by atoms with Crippen LogP contribution in [0.4, 0.5) is 0 Å². The summed E-state index contributed by atoms with van der Waals surface area (Å²) >= 11 is 0. The number of hydrogen-bond acceptors (Lipinski definition) is 6. The Labute approximate surface area is 173 Å². The summed E-state index contributed by atoms with van der Waals surface area (Å²) in [6.07, 6.45) is 3.89. The van der Waals surface area contributed by atoms with E-state index >= 15 is 0 Å². The maximum atomic E-state index is 10.6. The van der Waals surface area contributed by atoms with Gasteiger partial charge in [0.25, 0.3) is 0 Å². The van der Waals surface area contributed by atoms with E-state index in [4.69, 9.17) is 18.9 Å². The lowest BCUT2D eigenvalue weighted by molar-refractivity contribution is 0.333. The van der Waals surface area contributed by atoms with Crippen molar-refractivity contribution in [2.45, 2.75) is 46.0 Å². The molecule has 0 unspecified atom stereocenters. The van der Waals surface area contributed by atoms with Crippen molar-refractivity contribution in [1.82, 2.24) is 0 Å². The van der Waals surface area contributed by atoms with Crippen LogP contribution in [0.5, 0.6) is 34.5 Å². The summed E-state index contributed by atoms with van der Waals surface area (Å²) in [5.41, 5.74) is 3.76. The number of aryl methyl sites for hydroxylation is 2. The van der Waals surface area contributed by atoms with Gasteiger partial charge < -0.3 is 29.2 Å². The molecule has 0 heterocycles. The molecule has 160 valence electrons. The number of phenols is 2. The molecular weight excluding hydrogens is 372 g/mol. The summed E-state index contributed by atoms with van der Waals surface area (Å²) in [4.78, 5) is 0. The van der Waals surface area contributed by atoms with Crippen LogP contribution >= 0.6 is 0 Å². The summed E-state index contributed by atoms with van der Waals surface area (Å²) in [6.45, 7) is 4.19. The van der Waals surface area contributed by atoms with Crippen LogP contribution in [0.2, 0.25) is 0 Å². The molecule has 6 heteroatoms. The van der Waals surface area contributed by atoms with Gasteiger partial charge in [0.2, 0.25) is 11.5 Å². The van der Waals surface area contributed by atoms with Crippen LogP contribution in [0.3, 0.4) is 0 Å². The van der Waals surface area contributed by atoms with Gasteiger partial charge in [0.05, 0.1) is 28.4 Å². The second-order valence-corrected chi connectivity index (χ2v) is 6.87. The van der Waals surface area contributed by atoms with Crippen molar-refractivity contribution >= 4 is 0 Å². The molecule has 6 nitrogen and oxygen atoms in total. The summed E-state index contributed by atoms with van der Waals surface area (Å²) in [6, 6.07) is 3.71. The second kappa shape index (κ2) is 10.1. The lowest BCUT2D eigenvalue weighted by Gasteiger charge is -2.21. The first-order valence-electron chi connectivity index (χ1n) is 9.88. The summed E-state index contributed by atoms with van der Waals surface area (Å²) < 4.78 is 21.8. The van der Waals surface area contributed by atoms with Crippen molar-refractivity contribution in [2.24, 2.45) is 0 Å². The predicted molar refractivity (Wildman–Crippen MR) is 113 cm³/mol. The first-order valence-corrected chi connectivity index (χ1v) is 9.88. The zero-order chi connectivity index (χ0) is 21.6. The Hall–Kier alpha value is -2.76. The van der Waals surface area contributed by atoms with Gasteiger partial charge in [-0.2, -0.15) is 0 Å². The van der Waals surface area contributed by atoms with E-state index in [0.29, 0.717) is 29.4 Å². The first kappa shape index (κ1) is 22.5. The van der Waals surface area contributed by atoms with Gasteiger partial charge in [0.15, 0.2) is 23.0 Å². The maximum Gasteiger partial charge on any atom is 0.201 e. The van der Waals surface area contributed by atoms with E-state index in [-0.39, 0.29) is 11.5 Å². The highest BCUT2D eigenvalue weighted by atomic mass is 16.5. The van der Waals surface area contributed by atoms with Crippen LogP contribution in [0.1, 0.15) is 48.9 Å². The quantitative estimate of drug-likeness (QED) is 0.601. The van der Waals surface area contributed by atoms with E-state index < -0.39 is 0 Å². The molecule has 0 aliphatic rings. The number of aromatic hydroxyl groups is 2. The van der Waals surface area contributed by atoms with E-state index in [9.17, 15) is 10.2 Å². The Bertz CT molecular complexity index is 775. The summed E-state index contributed by atoms with van der Waals surface area (Å²) in [5, 5.41) is 21.3. The average Bonchev–Trinajstić information content (AvgIpc) is 2.72. The Kier molecular flexibility index (Phi) is 7.88. The number of rotatable bonds is 10. The van der Waals surface area contributed by atoms with Crippen molar-refractivity contribution in [1.29, 1.82) is 0 Å². The normalized spacial score (nSPS) is 10.7. The average molecular weight is 405 g/mol. The zero-order valence-electron chi connectivity index (χ0n) is 18.2. The van der Waals surface area contributed by atoms with Gasteiger partial charge >= 0.3 is 0 Å². The number of hydrogen-bond donors (Lipinski definition) is 2. The molecule has 2 rings (SSSR count). The second-order valence-electron chi connectivity index (χ2n) is 6.87. The van der Waals surface area contributed by atoms with Crippen LogP contribution in [0, 0.1) is 0 Å². The van der Waals surface area contributed by atoms with Crippen LogP contribution in [-0.4, -0.2) is 38.7 Å². The molecule has 0 spiro atoms. The standard InChI is InChI=1S/C23H32O6/c1-7-9-14-11-18(26-3)20(24)22(28-5)16(14)13-17-15(10-8-2)12-19(27-4)21(25)23(17)29-6/h11-12,24-25H,7-10,13H2,1-6H3. The molecule has 0 atom stereocenters. The van der Waals surface area contributed by atoms with E-state index in [1.807, 2.05) is 12.1 Å². The van der Waals surface area contributed by atoms with Crippen LogP contribution in [0.15, 0.2) is 12.1 Å². The highest BCUT2D eigenvalue weighted by Gasteiger charge is 2.24. The molecule has 0 radical (unpaired) electrons. The SMILES string of the molecule is CCCc1cc(OC)c(O)c(OC)c1Cc1c(CCC)cc(OC)c(O)c1OC. The van der Waals surface area contributed by atoms with Crippen molar-refractivity contribution < 1.29 is 29.2 Å². The first-order chi connectivity index (χ1) is 14.0. The Morgan fingerprint density at radius 3 is 1.31 bits per heavy atom. The third-order valence-corrected chi connectivity index (χ3v) is 5.07. The molecule has 0 aliphatic carbocycles. The fraction of sp³-hybridized carbons (Fsp3) is 0.478. The van der Waals surface area contributed by atoms with Crippen LogP contribution in [-0.2, 0) is 19.3 Å². The lowest BCUT2D eigenvalue weighted by Crippen LogP contribution is -2.06. The van der Waals surface area contributed by atoms with E-state index in [1.165, 1.54) is 28.4 Å². The molecule has 0 fully saturated rings. The molecule has 0 saturated carbocycles. The van der Waals surface area contributed by atoms with Gasteiger partial charge in [-0.25, -0.2) is 0 Å². The molecule has 2 aromatic rings. The number of phenolic OH excluding ortho intramolecular Hbond substituents is 2. The molecule has 29 heavy (non-hydrogen) atoms. The van der Waals surface area contributed by atoms with Crippen molar-refractivity contribution in [2.75, 3.05) is 28.4 Å². The fourth-order valence-electron chi connectivity index (χ4n) is 3.73. The number of ether oxygens (including phenoxy) is 4. The fourth-order valence-corrected chi connectivity index (χ4v) is 3.73. The van der Waals surface area contributed by atoms with Gasteiger partial charge in [-0.1, -0.05) is 26.7 Å². The van der Waals surface area contributed by atoms with Gasteiger partial charge in [0.1, 0.15) is 0 Å². The lowest BCUT2D eigenvalue weighted by atomic mass is 9.90. The van der Waals surface area contributed by atoms with Crippen molar-refractivity contribution in [3.63, 3.8) is 0 Å². The Morgan fingerprint density at radius 1 is 0.655 bits per heavy atom. The summed E-state index contributed by atoms with van der Waals surface area (Å²) in [5.74, 6) is 1.47. The van der Waals surface area contributed by atoms with Crippen LogP contribution < -0.4 is 18.9 Å². The third-order valence-electron chi connectivity index (χ3n) is 5.07. The number of benzene rings is 2. The van der Waals surface area contributed by atoms with Gasteiger partial charge in [-0.15, -0.1) is 0 Å². The molecule has 0 bridgehead atoms. The smallest absolute Gasteiger partial charge is 0.201 e. The highest BCUT2D eigenvalue weighted by molar-refractivity contribution is 5.63. The molecular formula is C23H32O6. The van der Waals surface area contributed by atoms with E-state index in [1.54, 1.807) is 0 Å². The largest absolute Gasteiger partial charge is 0.502 e. The van der Waals surface area contributed by atoms with Crippen molar-refractivity contribution in [3.8, 4) is 34.5 Å². The molecule has 0 aliphatic heterocycles. The predicted octanol–water partition coefficient (Wildman–Crippen LogP) is 4.63. The Balaban J connectivity index is 2.75. The van der Waals surface area contributed by atoms with Gasteiger partial charge in [-0.3, -0.25) is 0 Å².